The Bertz CT molecular complexity index is 1070. The van der Waals surface area contributed by atoms with Crippen LogP contribution in [0, 0.1) is 5.82 Å². The van der Waals surface area contributed by atoms with Crippen molar-refractivity contribution >= 4 is 20.8 Å². The zero-order valence-electron chi connectivity index (χ0n) is 15.1. The van der Waals surface area contributed by atoms with Gasteiger partial charge in [0.25, 0.3) is 0 Å². The Hall–Kier alpha value is -2.58. The predicted octanol–water partition coefficient (Wildman–Crippen LogP) is 3.44. The highest BCUT2D eigenvalue weighted by molar-refractivity contribution is 7.89. The maximum Gasteiger partial charge on any atom is 0.316 e. The van der Waals surface area contributed by atoms with Gasteiger partial charge in [-0.15, -0.1) is 0 Å². The number of hydrogen-bond acceptors (Lipinski definition) is 5. The third-order valence-electron chi connectivity index (χ3n) is 4.90. The molecule has 0 spiro atoms. The monoisotopic (exact) mass is 401 g/mol. The minimum atomic E-state index is -3.59. The van der Waals surface area contributed by atoms with E-state index >= 15 is 0 Å². The average molecular weight is 401 g/mol. The van der Waals surface area contributed by atoms with Crippen molar-refractivity contribution in [3.63, 3.8) is 0 Å². The van der Waals surface area contributed by atoms with E-state index in [0.29, 0.717) is 25.7 Å². The van der Waals surface area contributed by atoms with Gasteiger partial charge in [0.1, 0.15) is 6.10 Å². The third kappa shape index (κ3) is 4.28. The van der Waals surface area contributed by atoms with Crippen LogP contribution in [0.25, 0.3) is 10.8 Å². The van der Waals surface area contributed by atoms with Gasteiger partial charge >= 0.3 is 6.01 Å². The molecule has 0 unspecified atom stereocenters. The summed E-state index contributed by atoms with van der Waals surface area (Å²) in [6.07, 6.45) is 4.67. The lowest BCUT2D eigenvalue weighted by atomic mass is 9.94. The van der Waals surface area contributed by atoms with E-state index in [9.17, 15) is 12.8 Å². The molecule has 0 radical (unpaired) electrons. The molecule has 4 rings (SSSR count). The fraction of sp³-hybridized carbons (Fsp3) is 0.300. The zero-order chi connectivity index (χ0) is 19.6. The van der Waals surface area contributed by atoms with Crippen molar-refractivity contribution in [2.75, 3.05) is 0 Å². The lowest BCUT2D eigenvalue weighted by Gasteiger charge is -2.28. The van der Waals surface area contributed by atoms with Gasteiger partial charge in [-0.3, -0.25) is 0 Å². The van der Waals surface area contributed by atoms with Crippen molar-refractivity contribution in [1.29, 1.82) is 0 Å². The number of nitrogens with one attached hydrogen (secondary N) is 1. The van der Waals surface area contributed by atoms with E-state index in [1.165, 1.54) is 0 Å². The highest BCUT2D eigenvalue weighted by Crippen LogP contribution is 2.24. The summed E-state index contributed by atoms with van der Waals surface area (Å²) in [5.41, 5.74) is 0. The van der Waals surface area contributed by atoms with Gasteiger partial charge in [-0.2, -0.15) is 0 Å². The smallest absolute Gasteiger partial charge is 0.316 e. The molecule has 28 heavy (non-hydrogen) atoms. The summed E-state index contributed by atoms with van der Waals surface area (Å²) in [6.45, 7) is 0. The first-order valence-corrected chi connectivity index (χ1v) is 10.6. The maximum atomic E-state index is 12.9. The number of halogens is 1. The van der Waals surface area contributed by atoms with Crippen molar-refractivity contribution in [2.24, 2.45) is 0 Å². The van der Waals surface area contributed by atoms with Crippen LogP contribution in [0.2, 0.25) is 0 Å². The molecule has 1 aliphatic rings. The second-order valence-electron chi connectivity index (χ2n) is 6.91. The van der Waals surface area contributed by atoms with Crippen LogP contribution in [0.1, 0.15) is 25.7 Å². The van der Waals surface area contributed by atoms with Crippen LogP contribution in [0.5, 0.6) is 6.01 Å². The van der Waals surface area contributed by atoms with Crippen LogP contribution >= 0.6 is 0 Å². The van der Waals surface area contributed by atoms with Crippen LogP contribution in [-0.4, -0.2) is 30.5 Å². The Morgan fingerprint density at radius 1 is 0.964 bits per heavy atom. The summed E-state index contributed by atoms with van der Waals surface area (Å²) in [5, 5.41) is 1.89. The molecule has 1 saturated carbocycles. The molecule has 0 aliphatic heterocycles. The molecule has 1 fully saturated rings. The molecule has 0 amide bonds. The molecule has 146 valence electrons. The molecule has 1 aliphatic carbocycles. The number of rotatable bonds is 5. The van der Waals surface area contributed by atoms with Gasteiger partial charge in [-0.1, -0.05) is 30.3 Å². The lowest BCUT2D eigenvalue weighted by Crippen LogP contribution is -2.39. The van der Waals surface area contributed by atoms with Crippen molar-refractivity contribution in [3.8, 4) is 6.01 Å². The van der Waals surface area contributed by atoms with E-state index in [4.69, 9.17) is 4.74 Å². The molecule has 6 nitrogen and oxygen atoms in total. The number of sulfonamides is 1. The minimum Gasteiger partial charge on any atom is -0.460 e. The van der Waals surface area contributed by atoms with Gasteiger partial charge < -0.3 is 4.74 Å². The normalized spacial score (nSPS) is 20.2. The van der Waals surface area contributed by atoms with Gasteiger partial charge in [-0.05, 0) is 48.6 Å². The van der Waals surface area contributed by atoms with E-state index in [0.717, 1.165) is 23.2 Å². The number of hydrogen-bond donors (Lipinski definition) is 1. The van der Waals surface area contributed by atoms with Gasteiger partial charge in [0.2, 0.25) is 10.0 Å². The first-order valence-electron chi connectivity index (χ1n) is 9.15. The maximum absolute atomic E-state index is 12.9. The van der Waals surface area contributed by atoms with Gasteiger partial charge in [0, 0.05) is 6.04 Å². The van der Waals surface area contributed by atoms with Gasteiger partial charge in [0.15, 0.2) is 5.82 Å². The Kier molecular flexibility index (Phi) is 5.23. The van der Waals surface area contributed by atoms with E-state index in [-0.39, 0.29) is 23.1 Å². The fourth-order valence-corrected chi connectivity index (χ4v) is 4.77. The van der Waals surface area contributed by atoms with E-state index in [2.05, 4.69) is 14.7 Å². The molecule has 0 atom stereocenters. The molecule has 1 heterocycles. The van der Waals surface area contributed by atoms with Crippen molar-refractivity contribution in [1.82, 2.24) is 14.7 Å². The summed E-state index contributed by atoms with van der Waals surface area (Å²) in [4.78, 5) is 7.86. The van der Waals surface area contributed by atoms with Gasteiger partial charge in [-0.25, -0.2) is 27.5 Å². The van der Waals surface area contributed by atoms with Crippen LogP contribution < -0.4 is 9.46 Å². The Labute approximate surface area is 162 Å². The number of nitrogens with zero attached hydrogens (tertiary/aromatic N) is 2. The van der Waals surface area contributed by atoms with Crippen LogP contribution in [-0.2, 0) is 10.0 Å². The minimum absolute atomic E-state index is 0.105. The second-order valence-corrected chi connectivity index (χ2v) is 8.62. The molecule has 3 aromatic rings. The SMILES string of the molecule is O=S(=O)(NC1CCC(Oc2ncc(F)cn2)CC1)c1ccc2ccccc2c1. The van der Waals surface area contributed by atoms with E-state index < -0.39 is 15.8 Å². The molecular formula is C20H20FN3O3S. The molecule has 0 bridgehead atoms. The van der Waals surface area contributed by atoms with Crippen LogP contribution in [0.15, 0.2) is 59.8 Å². The molecular weight excluding hydrogens is 381 g/mol. The fourth-order valence-electron chi connectivity index (χ4n) is 3.43. The Balaban J connectivity index is 1.37. The quantitative estimate of drug-likeness (QED) is 0.708. The number of benzene rings is 2. The molecule has 1 N–H and O–H groups in total. The average Bonchev–Trinajstić information content (AvgIpc) is 2.70. The molecule has 0 saturated heterocycles. The molecule has 1 aromatic heterocycles. The summed E-state index contributed by atoms with van der Waals surface area (Å²) >= 11 is 0. The summed E-state index contributed by atoms with van der Waals surface area (Å²) in [7, 11) is -3.59. The standard InChI is InChI=1S/C20H20FN3O3S/c21-16-12-22-20(23-13-16)27-18-8-6-17(7-9-18)24-28(25,26)19-10-5-14-3-1-2-4-15(14)11-19/h1-5,10-13,17-18,24H,6-9H2. The number of ether oxygens (including phenoxy) is 1. The van der Waals surface area contributed by atoms with E-state index in [1.807, 2.05) is 30.3 Å². The molecule has 2 aromatic carbocycles. The summed E-state index contributed by atoms with van der Waals surface area (Å²) in [5.74, 6) is -0.515. The second kappa shape index (κ2) is 7.81. The highest BCUT2D eigenvalue weighted by atomic mass is 32.2. The van der Waals surface area contributed by atoms with Gasteiger partial charge in [0.05, 0.1) is 17.3 Å². The van der Waals surface area contributed by atoms with Crippen LogP contribution in [0.4, 0.5) is 4.39 Å². The summed E-state index contributed by atoms with van der Waals surface area (Å²) < 4.78 is 46.8. The largest absolute Gasteiger partial charge is 0.460 e. The van der Waals surface area contributed by atoms with Crippen molar-refractivity contribution < 1.29 is 17.5 Å². The van der Waals surface area contributed by atoms with Crippen molar-refractivity contribution in [3.05, 3.63) is 60.7 Å². The van der Waals surface area contributed by atoms with Crippen molar-refractivity contribution in [2.45, 2.75) is 42.7 Å². The topological polar surface area (TPSA) is 81.2 Å². The van der Waals surface area contributed by atoms with Crippen LogP contribution in [0.3, 0.4) is 0 Å². The lowest BCUT2D eigenvalue weighted by molar-refractivity contribution is 0.132. The first-order chi connectivity index (χ1) is 13.5. The number of aromatic nitrogens is 2. The first kappa shape index (κ1) is 18.8. The number of fused-ring (bicyclic) bond motifs is 1. The predicted molar refractivity (Wildman–Crippen MR) is 103 cm³/mol. The summed E-state index contributed by atoms with van der Waals surface area (Å²) in [6, 6.07) is 12.8. The zero-order valence-corrected chi connectivity index (χ0v) is 15.9. The van der Waals surface area contributed by atoms with E-state index in [1.54, 1.807) is 12.1 Å². The highest BCUT2D eigenvalue weighted by Gasteiger charge is 2.27. The Morgan fingerprint density at radius 2 is 1.64 bits per heavy atom. The molecule has 8 heteroatoms. The Morgan fingerprint density at radius 3 is 2.36 bits per heavy atom. The third-order valence-corrected chi connectivity index (χ3v) is 6.41.